The summed E-state index contributed by atoms with van der Waals surface area (Å²) in [6.45, 7) is 2.32. The number of allylic oxidation sites excluding steroid dienone is 1. The molecule has 0 radical (unpaired) electrons. The zero-order chi connectivity index (χ0) is 14.4. The minimum Gasteiger partial charge on any atom is -0.196 e. The summed E-state index contributed by atoms with van der Waals surface area (Å²) in [5.74, 6) is -8.20. The van der Waals surface area contributed by atoms with E-state index in [0.29, 0.717) is 0 Å². The van der Waals surface area contributed by atoms with E-state index in [1.165, 1.54) is 0 Å². The van der Waals surface area contributed by atoms with E-state index >= 15 is 0 Å². The van der Waals surface area contributed by atoms with Crippen molar-refractivity contribution >= 4 is 0 Å². The molecule has 0 aromatic heterocycles. The highest BCUT2D eigenvalue weighted by atomic mass is 19.4. The quantitative estimate of drug-likeness (QED) is 0.476. The van der Waals surface area contributed by atoms with Crippen LogP contribution in [0.15, 0.2) is 30.3 Å². The Kier molecular flexibility index (Phi) is 6.68. The normalized spacial score (nSPS) is 10.9. The van der Waals surface area contributed by atoms with Crippen LogP contribution >= 0.6 is 0 Å². The molecule has 0 bridgehead atoms. The number of alkyl halides is 5. The highest BCUT2D eigenvalue weighted by Gasteiger charge is 2.61. The lowest BCUT2D eigenvalue weighted by Crippen LogP contribution is -2.36. The zero-order valence-electron chi connectivity index (χ0n) is 7.49. The predicted octanol–water partition coefficient (Wildman–Crippen LogP) is 4.81. The highest BCUT2D eigenvalue weighted by molar-refractivity contribution is 5.05. The Bertz CT molecular complexity index is 311. The number of halogens is 10. The molecule has 0 fully saturated rings. The van der Waals surface area contributed by atoms with Gasteiger partial charge in [-0.05, 0) is 0 Å². The third-order valence-corrected chi connectivity index (χ3v) is 0.930. The average Bonchev–Trinajstić information content (AvgIpc) is 2.15. The Balaban J connectivity index is 0. The second-order valence-corrected chi connectivity index (χ2v) is 2.08. The van der Waals surface area contributed by atoms with Crippen molar-refractivity contribution in [2.24, 2.45) is 0 Å². The van der Waals surface area contributed by atoms with Crippen molar-refractivity contribution < 1.29 is 43.9 Å². The molecule has 0 aliphatic heterocycles. The maximum absolute atomic E-state index is 11.7. The number of hydrogen-bond acceptors (Lipinski definition) is 0. The predicted molar refractivity (Wildman–Crippen MR) is 36.2 cm³/mol. The van der Waals surface area contributed by atoms with Gasteiger partial charge in [-0.2, -0.15) is 43.9 Å². The Morgan fingerprint density at radius 2 is 1.06 bits per heavy atom. The lowest BCUT2D eigenvalue weighted by atomic mass is 10.3. The van der Waals surface area contributed by atoms with Gasteiger partial charge in [0, 0.05) is 0 Å². The molecule has 0 aromatic carbocycles. The molecule has 0 aliphatic rings. The van der Waals surface area contributed by atoms with Gasteiger partial charge >= 0.3 is 24.3 Å². The third-order valence-electron chi connectivity index (χ3n) is 0.930. The molecular formula is C7H2F10. The summed E-state index contributed by atoms with van der Waals surface area (Å²) in [5.41, 5.74) is 0.842. The van der Waals surface area contributed by atoms with Crippen molar-refractivity contribution in [3.63, 3.8) is 0 Å². The molecule has 0 unspecified atom stereocenters. The van der Waals surface area contributed by atoms with Crippen LogP contribution in [0.3, 0.4) is 0 Å². The molecule has 0 aromatic rings. The Labute approximate surface area is 87.5 Å². The molecule has 0 amide bonds. The smallest absolute Gasteiger partial charge is 0.196 e. The van der Waals surface area contributed by atoms with Gasteiger partial charge in [-0.1, -0.05) is 12.3 Å². The fourth-order valence-electron chi connectivity index (χ4n) is 0.235. The van der Waals surface area contributed by atoms with E-state index in [9.17, 15) is 43.9 Å². The van der Waals surface area contributed by atoms with E-state index in [1.807, 2.05) is 0 Å². The highest BCUT2D eigenvalue weighted by Crippen LogP contribution is 2.40. The number of rotatable bonds is 1. The molecule has 17 heavy (non-hydrogen) atoms. The molecular weight excluding hydrogens is 274 g/mol. The average molecular weight is 276 g/mol. The Hall–Kier alpha value is -1.44. The first-order valence-corrected chi connectivity index (χ1v) is 3.24. The molecule has 0 saturated heterocycles. The molecule has 0 atom stereocenters. The summed E-state index contributed by atoms with van der Waals surface area (Å²) in [6, 6.07) is 0. The van der Waals surface area contributed by atoms with Gasteiger partial charge < -0.3 is 0 Å². The molecule has 0 saturated carbocycles. The van der Waals surface area contributed by atoms with Crippen molar-refractivity contribution in [3.8, 4) is 0 Å². The van der Waals surface area contributed by atoms with Crippen molar-refractivity contribution in [2.45, 2.75) is 12.1 Å². The van der Waals surface area contributed by atoms with Crippen molar-refractivity contribution in [1.82, 2.24) is 0 Å². The summed E-state index contributed by atoms with van der Waals surface area (Å²) < 4.78 is 110. The molecule has 0 spiro atoms. The van der Waals surface area contributed by atoms with Crippen LogP contribution < -0.4 is 0 Å². The largest absolute Gasteiger partial charge is 0.461 e. The van der Waals surface area contributed by atoms with Crippen LogP contribution in [0, 0.1) is 0 Å². The summed E-state index contributed by atoms with van der Waals surface area (Å²) in [6.07, 6.45) is -11.7. The van der Waals surface area contributed by atoms with Crippen LogP contribution in [0.25, 0.3) is 0 Å². The van der Waals surface area contributed by atoms with Crippen LogP contribution in [-0.2, 0) is 0 Å². The SMILES string of the molecule is C=C=C(F)C(F)(F)C(F)(F)F.FC(F)=C(F)F. The lowest BCUT2D eigenvalue weighted by molar-refractivity contribution is -0.270. The number of hydrogen-bond donors (Lipinski definition) is 0. The van der Waals surface area contributed by atoms with Crippen LogP contribution in [0.4, 0.5) is 43.9 Å². The molecule has 0 rings (SSSR count). The van der Waals surface area contributed by atoms with Crippen molar-refractivity contribution in [3.05, 3.63) is 30.3 Å². The topological polar surface area (TPSA) is 0 Å². The lowest BCUT2D eigenvalue weighted by Gasteiger charge is -2.15. The van der Waals surface area contributed by atoms with Gasteiger partial charge in [0.25, 0.3) is 0 Å². The minimum atomic E-state index is -5.93. The fourth-order valence-corrected chi connectivity index (χ4v) is 0.235. The van der Waals surface area contributed by atoms with Crippen LogP contribution in [0.1, 0.15) is 0 Å². The first-order chi connectivity index (χ1) is 7.37. The molecule has 0 N–H and O–H groups in total. The van der Waals surface area contributed by atoms with Gasteiger partial charge in [-0.3, -0.25) is 0 Å². The van der Waals surface area contributed by atoms with E-state index in [2.05, 4.69) is 6.58 Å². The van der Waals surface area contributed by atoms with E-state index in [0.717, 1.165) is 5.73 Å². The second-order valence-electron chi connectivity index (χ2n) is 2.08. The van der Waals surface area contributed by atoms with E-state index in [-0.39, 0.29) is 0 Å². The van der Waals surface area contributed by atoms with Gasteiger partial charge in [-0.15, -0.1) is 0 Å². The first kappa shape index (κ1) is 17.9. The maximum atomic E-state index is 11.7. The molecule has 100 valence electrons. The minimum absolute atomic E-state index is 0.842. The Morgan fingerprint density at radius 3 is 1.12 bits per heavy atom. The van der Waals surface area contributed by atoms with Crippen molar-refractivity contribution in [2.75, 3.05) is 0 Å². The van der Waals surface area contributed by atoms with Crippen LogP contribution in [0.5, 0.6) is 0 Å². The van der Waals surface area contributed by atoms with Gasteiger partial charge in [-0.25, -0.2) is 0 Å². The van der Waals surface area contributed by atoms with Crippen LogP contribution in [0.2, 0.25) is 0 Å². The zero-order valence-corrected chi connectivity index (χ0v) is 7.49. The molecule has 10 heteroatoms. The summed E-state index contributed by atoms with van der Waals surface area (Å²) in [7, 11) is 0. The van der Waals surface area contributed by atoms with E-state index < -0.39 is 30.1 Å². The van der Waals surface area contributed by atoms with Gasteiger partial charge in [0.05, 0.1) is 0 Å². The standard InChI is InChI=1S/C5H2F6.C2F4/c1-2-3(6)4(7,8)5(9,10)11;3-1(4)2(5)6/h1H2;. The molecule has 0 heterocycles. The maximum Gasteiger partial charge on any atom is 0.461 e. The second kappa shape index (κ2) is 6.33. The van der Waals surface area contributed by atoms with Gasteiger partial charge in [0.2, 0.25) is 5.83 Å². The Morgan fingerprint density at radius 1 is 0.765 bits per heavy atom. The van der Waals surface area contributed by atoms with Gasteiger partial charge in [0.15, 0.2) is 0 Å². The van der Waals surface area contributed by atoms with Gasteiger partial charge in [0.1, 0.15) is 0 Å². The monoisotopic (exact) mass is 276 g/mol. The molecule has 0 nitrogen and oxygen atoms in total. The summed E-state index contributed by atoms with van der Waals surface area (Å²) in [5, 5.41) is 0. The van der Waals surface area contributed by atoms with Crippen molar-refractivity contribution in [1.29, 1.82) is 0 Å². The van der Waals surface area contributed by atoms with Crippen LogP contribution in [-0.4, -0.2) is 12.1 Å². The summed E-state index contributed by atoms with van der Waals surface area (Å²) in [4.78, 5) is 0. The summed E-state index contributed by atoms with van der Waals surface area (Å²) >= 11 is 0. The van der Waals surface area contributed by atoms with E-state index in [1.54, 1.807) is 0 Å². The molecule has 0 aliphatic carbocycles. The third kappa shape index (κ3) is 6.00. The van der Waals surface area contributed by atoms with E-state index in [4.69, 9.17) is 0 Å². The first-order valence-electron chi connectivity index (χ1n) is 3.24. The fraction of sp³-hybridized carbons (Fsp3) is 0.286.